The third-order valence-electron chi connectivity index (χ3n) is 9.33. The highest BCUT2D eigenvalue weighted by molar-refractivity contribution is 6.07. The molecule has 2 bridgehead atoms. The number of piperazine rings is 1. The maximum atomic E-state index is 13.7. The van der Waals surface area contributed by atoms with Gasteiger partial charge in [-0.3, -0.25) is 19.3 Å². The van der Waals surface area contributed by atoms with Gasteiger partial charge in [-0.2, -0.15) is 0 Å². The number of nitrogens with zero attached hydrogens (tertiary/aromatic N) is 4. The molecule has 9 heteroatoms. The second-order valence-corrected chi connectivity index (χ2v) is 12.4. The Bertz CT molecular complexity index is 1770. The van der Waals surface area contributed by atoms with Crippen LogP contribution in [0, 0.1) is 11.7 Å². The zero-order valence-corrected chi connectivity index (χ0v) is 25.1. The molecule has 3 aliphatic heterocycles. The van der Waals surface area contributed by atoms with Gasteiger partial charge in [0, 0.05) is 81.2 Å². The number of benzene rings is 3. The highest BCUT2D eigenvalue weighted by Crippen LogP contribution is 2.39. The Morgan fingerprint density at radius 1 is 0.800 bits per heavy atom. The monoisotopic (exact) mass is 605 g/mol. The summed E-state index contributed by atoms with van der Waals surface area (Å²) in [6.45, 7) is 5.75. The van der Waals surface area contributed by atoms with Gasteiger partial charge in [-0.15, -0.1) is 0 Å². The summed E-state index contributed by atoms with van der Waals surface area (Å²) >= 11 is 0. The highest BCUT2D eigenvalue weighted by Gasteiger charge is 2.35. The van der Waals surface area contributed by atoms with Crippen molar-refractivity contribution in [3.63, 3.8) is 0 Å². The van der Waals surface area contributed by atoms with Gasteiger partial charge < -0.3 is 19.7 Å². The van der Waals surface area contributed by atoms with Gasteiger partial charge in [-0.05, 0) is 66.4 Å². The molecule has 45 heavy (non-hydrogen) atoms. The number of anilines is 2. The quantitative estimate of drug-likeness (QED) is 0.341. The third-order valence-corrected chi connectivity index (χ3v) is 9.33. The highest BCUT2D eigenvalue weighted by atomic mass is 19.1. The molecule has 0 spiro atoms. The van der Waals surface area contributed by atoms with Crippen LogP contribution in [0.4, 0.5) is 15.8 Å². The number of pyridine rings is 1. The molecule has 3 aromatic carbocycles. The zero-order valence-electron chi connectivity index (χ0n) is 25.1. The Morgan fingerprint density at radius 3 is 2.33 bits per heavy atom. The number of nitrogens with one attached hydrogen (secondary N) is 1. The zero-order chi connectivity index (χ0) is 30.9. The molecule has 0 saturated carbocycles. The lowest BCUT2D eigenvalue weighted by molar-refractivity contribution is 0.0628. The topological polar surface area (TPSA) is 77.9 Å². The van der Waals surface area contributed by atoms with E-state index in [2.05, 4.69) is 27.2 Å². The number of halogens is 1. The molecule has 1 aromatic heterocycles. The summed E-state index contributed by atoms with van der Waals surface area (Å²) in [5.74, 6) is -0.388. The predicted molar refractivity (Wildman–Crippen MR) is 172 cm³/mol. The van der Waals surface area contributed by atoms with Crippen LogP contribution in [0.5, 0.6) is 0 Å². The van der Waals surface area contributed by atoms with Gasteiger partial charge in [0.05, 0.1) is 11.4 Å². The van der Waals surface area contributed by atoms with Gasteiger partial charge in [0.25, 0.3) is 17.4 Å². The first kappa shape index (κ1) is 29.0. The van der Waals surface area contributed by atoms with Gasteiger partial charge in [0.2, 0.25) is 0 Å². The number of carbonyl (C=O) groups excluding carboxylic acids is 2. The lowest BCUT2D eigenvalue weighted by Crippen LogP contribution is -2.48. The summed E-state index contributed by atoms with van der Waals surface area (Å²) < 4.78 is 15.5. The first-order chi connectivity index (χ1) is 21.9. The molecule has 2 fully saturated rings. The molecule has 1 N–H and O–H groups in total. The Balaban J connectivity index is 1.13. The molecular weight excluding hydrogens is 569 g/mol. The van der Waals surface area contributed by atoms with Crippen molar-refractivity contribution in [2.45, 2.75) is 25.4 Å². The summed E-state index contributed by atoms with van der Waals surface area (Å²) in [7, 11) is 0. The van der Waals surface area contributed by atoms with E-state index >= 15 is 0 Å². The van der Waals surface area contributed by atoms with Gasteiger partial charge in [0.1, 0.15) is 5.82 Å². The van der Waals surface area contributed by atoms with Crippen molar-refractivity contribution in [1.29, 1.82) is 0 Å². The summed E-state index contributed by atoms with van der Waals surface area (Å²) in [6.07, 6.45) is 1.00. The van der Waals surface area contributed by atoms with Crippen molar-refractivity contribution in [2.24, 2.45) is 5.92 Å². The molecule has 2 saturated heterocycles. The maximum absolute atomic E-state index is 13.7. The number of aromatic nitrogens is 1. The van der Waals surface area contributed by atoms with Crippen LogP contribution in [0.15, 0.2) is 95.8 Å². The van der Waals surface area contributed by atoms with Crippen molar-refractivity contribution >= 4 is 23.2 Å². The predicted octanol–water partition coefficient (Wildman–Crippen LogP) is 4.82. The molecular formula is C36H36FN5O3. The van der Waals surface area contributed by atoms with Crippen LogP contribution in [-0.4, -0.2) is 65.4 Å². The van der Waals surface area contributed by atoms with Crippen LogP contribution in [0.2, 0.25) is 0 Å². The van der Waals surface area contributed by atoms with E-state index in [1.165, 1.54) is 29.8 Å². The van der Waals surface area contributed by atoms with Crippen molar-refractivity contribution in [2.75, 3.05) is 49.5 Å². The van der Waals surface area contributed by atoms with Crippen LogP contribution >= 0.6 is 0 Å². The molecule has 0 aliphatic carbocycles. The maximum Gasteiger partial charge on any atom is 0.255 e. The smallest absolute Gasteiger partial charge is 0.255 e. The average Bonchev–Trinajstić information content (AvgIpc) is 3.06. The van der Waals surface area contributed by atoms with Crippen molar-refractivity contribution < 1.29 is 14.0 Å². The lowest BCUT2D eigenvalue weighted by atomic mass is 9.83. The second-order valence-electron chi connectivity index (χ2n) is 12.4. The minimum Gasteiger partial charge on any atom is -0.369 e. The molecule has 3 aliphatic rings. The van der Waals surface area contributed by atoms with E-state index in [4.69, 9.17) is 0 Å². The van der Waals surface area contributed by atoms with E-state index in [-0.39, 0.29) is 29.2 Å². The van der Waals surface area contributed by atoms with Crippen LogP contribution in [-0.2, 0) is 13.1 Å². The summed E-state index contributed by atoms with van der Waals surface area (Å²) in [5, 5.41) is 3.03. The van der Waals surface area contributed by atoms with Gasteiger partial charge in [-0.25, -0.2) is 4.39 Å². The molecule has 7 rings (SSSR count). The van der Waals surface area contributed by atoms with E-state index in [9.17, 15) is 18.8 Å². The van der Waals surface area contributed by atoms with Crippen molar-refractivity contribution in [3.8, 4) is 0 Å². The summed E-state index contributed by atoms with van der Waals surface area (Å²) in [6, 6.07) is 26.8. The Labute approximate surface area is 261 Å². The fourth-order valence-corrected chi connectivity index (χ4v) is 7.07. The fraction of sp³-hybridized carbons (Fsp3) is 0.306. The first-order valence-electron chi connectivity index (χ1n) is 15.6. The van der Waals surface area contributed by atoms with Gasteiger partial charge >= 0.3 is 0 Å². The number of hydrogen-bond donors (Lipinski definition) is 1. The molecule has 4 aromatic rings. The minimum absolute atomic E-state index is 0.0339. The molecule has 0 radical (unpaired) electrons. The van der Waals surface area contributed by atoms with E-state index < -0.39 is 5.82 Å². The lowest BCUT2D eigenvalue weighted by Gasteiger charge is -2.44. The first-order valence-corrected chi connectivity index (χ1v) is 15.6. The van der Waals surface area contributed by atoms with E-state index in [1.54, 1.807) is 12.1 Å². The number of rotatable bonds is 6. The van der Waals surface area contributed by atoms with Crippen molar-refractivity contribution in [3.05, 3.63) is 130 Å². The fourth-order valence-electron chi connectivity index (χ4n) is 7.07. The number of piperidine rings is 1. The Hall–Kier alpha value is -4.76. The number of hydrogen-bond acceptors (Lipinski definition) is 5. The number of carbonyl (C=O) groups is 2. The second kappa shape index (κ2) is 12.3. The van der Waals surface area contributed by atoms with Crippen molar-refractivity contribution in [1.82, 2.24) is 14.4 Å². The van der Waals surface area contributed by atoms with Crippen LogP contribution < -0.4 is 15.8 Å². The molecule has 4 heterocycles. The van der Waals surface area contributed by atoms with Crippen LogP contribution in [0.25, 0.3) is 0 Å². The van der Waals surface area contributed by atoms with E-state index in [0.29, 0.717) is 43.0 Å². The molecule has 2 amide bonds. The molecule has 230 valence electrons. The number of fused-ring (bicyclic) bond motifs is 4. The largest absolute Gasteiger partial charge is 0.369 e. The average molecular weight is 606 g/mol. The van der Waals surface area contributed by atoms with Crippen LogP contribution in [0.3, 0.4) is 0 Å². The molecule has 0 unspecified atom stereocenters. The molecule has 2 atom stereocenters. The van der Waals surface area contributed by atoms with Gasteiger partial charge in [-0.1, -0.05) is 36.4 Å². The third kappa shape index (κ3) is 6.13. The normalized spacial score (nSPS) is 19.6. The van der Waals surface area contributed by atoms with Gasteiger partial charge in [0.15, 0.2) is 0 Å². The minimum atomic E-state index is -0.414. The van der Waals surface area contributed by atoms with E-state index in [0.717, 1.165) is 44.0 Å². The van der Waals surface area contributed by atoms with E-state index in [1.807, 2.05) is 51.9 Å². The Kier molecular flexibility index (Phi) is 7.94. The number of amides is 2. The molecule has 8 nitrogen and oxygen atoms in total. The summed E-state index contributed by atoms with van der Waals surface area (Å²) in [4.78, 5) is 46.1. The SMILES string of the molecule is O=C(Nc1cc(C(=O)N2CCN(Cc3ccccc3)CC2)ccc1N1C[C@H]2C[C@@H](C1)c1cccc(=O)n1C2)c1ccc(F)cc1. The Morgan fingerprint density at radius 2 is 1.56 bits per heavy atom. The standard InChI is InChI=1S/C36H36FN5O3/c37-30-12-9-27(10-13-30)35(44)38-31-20-28(36(45)40-17-15-39(16-18-40)21-25-5-2-1-3-6-25)11-14-33(31)41-22-26-19-29(24-41)32-7-4-8-34(43)42(32)23-26/h1-14,20,26,29H,15-19,21-24H2,(H,38,44)/t26-,29+/m1/s1. The van der Waals surface area contributed by atoms with Crippen LogP contribution in [0.1, 0.15) is 44.3 Å². The summed E-state index contributed by atoms with van der Waals surface area (Å²) in [5.41, 5.74) is 4.55.